The second-order valence-electron chi connectivity index (χ2n) is 6.88. The lowest BCUT2D eigenvalue weighted by Gasteiger charge is -2.43. The van der Waals surface area contributed by atoms with Crippen molar-refractivity contribution >= 4 is 34.6 Å². The largest absolute Gasteiger partial charge is 0.407 e. The SMILES string of the molecule is CC(C)(C)[Si](OCCC(F)(F)Br)(c1ccccc1)c1ccccc1. The molecule has 5 heteroatoms. The van der Waals surface area contributed by atoms with Crippen molar-refractivity contribution in [2.24, 2.45) is 0 Å². The molecule has 0 saturated heterocycles. The molecule has 2 rings (SSSR count). The maximum atomic E-state index is 13.3. The van der Waals surface area contributed by atoms with Crippen LogP contribution in [-0.2, 0) is 4.43 Å². The maximum absolute atomic E-state index is 13.3. The average molecular weight is 413 g/mol. The van der Waals surface area contributed by atoms with E-state index in [1.165, 1.54) is 0 Å². The first-order chi connectivity index (χ1) is 11.2. The number of hydrogen-bond acceptors (Lipinski definition) is 1. The summed E-state index contributed by atoms with van der Waals surface area (Å²) >= 11 is 2.41. The quantitative estimate of drug-likeness (QED) is 0.482. The number of hydrogen-bond donors (Lipinski definition) is 0. The molecular formula is C19H23BrF2OSi. The Morgan fingerprint density at radius 1 is 0.875 bits per heavy atom. The molecule has 24 heavy (non-hydrogen) atoms. The molecule has 0 spiro atoms. The van der Waals surface area contributed by atoms with Crippen molar-refractivity contribution in [2.75, 3.05) is 6.61 Å². The summed E-state index contributed by atoms with van der Waals surface area (Å²) in [5.74, 6) is 0. The number of benzene rings is 2. The normalized spacial score (nSPS) is 13.1. The van der Waals surface area contributed by atoms with Gasteiger partial charge in [0.1, 0.15) is 0 Å². The zero-order valence-electron chi connectivity index (χ0n) is 14.2. The zero-order valence-corrected chi connectivity index (χ0v) is 16.8. The highest BCUT2D eigenvalue weighted by Crippen LogP contribution is 2.37. The average Bonchev–Trinajstić information content (AvgIpc) is 2.51. The highest BCUT2D eigenvalue weighted by atomic mass is 79.9. The van der Waals surface area contributed by atoms with Crippen molar-refractivity contribution < 1.29 is 13.2 Å². The standard InChI is InChI=1S/C19H23BrF2OSi/c1-18(2,3)24(16-10-6-4-7-11-16,17-12-8-5-9-13-17)23-15-14-19(20,21)22/h4-13H,14-15H2,1-3H3. The molecule has 0 heterocycles. The number of alkyl halides is 3. The fourth-order valence-electron chi connectivity index (χ4n) is 3.08. The van der Waals surface area contributed by atoms with Crippen LogP contribution in [-0.4, -0.2) is 19.8 Å². The third-order valence-corrected chi connectivity index (χ3v) is 9.56. The van der Waals surface area contributed by atoms with Gasteiger partial charge in [0.15, 0.2) is 0 Å². The van der Waals surface area contributed by atoms with Crippen LogP contribution >= 0.6 is 15.9 Å². The highest BCUT2D eigenvalue weighted by Gasteiger charge is 2.50. The summed E-state index contributed by atoms with van der Waals surface area (Å²) in [6.07, 6.45) is -0.350. The van der Waals surface area contributed by atoms with Gasteiger partial charge in [-0.2, -0.15) is 8.78 Å². The minimum absolute atomic E-state index is 0.00549. The van der Waals surface area contributed by atoms with E-state index in [-0.39, 0.29) is 18.1 Å². The van der Waals surface area contributed by atoms with E-state index in [2.05, 4.69) is 61.0 Å². The van der Waals surface area contributed by atoms with Crippen LogP contribution in [0, 0.1) is 0 Å². The minimum atomic E-state index is -2.90. The van der Waals surface area contributed by atoms with E-state index >= 15 is 0 Å². The molecule has 0 unspecified atom stereocenters. The molecule has 0 aliphatic carbocycles. The van der Waals surface area contributed by atoms with Gasteiger partial charge in [-0.15, -0.1) is 0 Å². The molecule has 2 aromatic carbocycles. The molecule has 0 N–H and O–H groups in total. The van der Waals surface area contributed by atoms with Gasteiger partial charge in [0, 0.05) is 13.0 Å². The first-order valence-corrected chi connectivity index (χ1v) is 10.7. The van der Waals surface area contributed by atoms with Crippen molar-refractivity contribution in [3.05, 3.63) is 60.7 Å². The highest BCUT2D eigenvalue weighted by molar-refractivity contribution is 9.09. The Balaban J connectivity index is 2.53. The Bertz CT molecular complexity index is 596. The van der Waals surface area contributed by atoms with Crippen LogP contribution < -0.4 is 10.4 Å². The molecule has 0 atom stereocenters. The van der Waals surface area contributed by atoms with Crippen molar-refractivity contribution in [3.8, 4) is 0 Å². The van der Waals surface area contributed by atoms with E-state index in [0.29, 0.717) is 0 Å². The summed E-state index contributed by atoms with van der Waals surface area (Å²) in [4.78, 5) is -2.90. The van der Waals surface area contributed by atoms with E-state index in [1.54, 1.807) is 0 Å². The predicted octanol–water partition coefficient (Wildman–Crippen LogP) is 4.94. The molecule has 0 aliphatic heterocycles. The Labute approximate surface area is 152 Å². The fourth-order valence-corrected chi connectivity index (χ4v) is 7.81. The first-order valence-electron chi connectivity index (χ1n) is 7.98. The lowest BCUT2D eigenvalue weighted by molar-refractivity contribution is 0.0827. The van der Waals surface area contributed by atoms with Gasteiger partial charge in [0.2, 0.25) is 0 Å². The van der Waals surface area contributed by atoms with Crippen LogP contribution in [0.1, 0.15) is 27.2 Å². The molecular weight excluding hydrogens is 390 g/mol. The lowest BCUT2D eigenvalue weighted by Crippen LogP contribution is -2.66. The third-order valence-electron chi connectivity index (χ3n) is 4.12. The lowest BCUT2D eigenvalue weighted by atomic mass is 10.2. The maximum Gasteiger partial charge on any atom is 0.303 e. The molecule has 2 aromatic rings. The van der Waals surface area contributed by atoms with E-state index in [4.69, 9.17) is 4.43 Å². The second kappa shape index (κ2) is 7.46. The fraction of sp³-hybridized carbons (Fsp3) is 0.368. The van der Waals surface area contributed by atoms with E-state index in [0.717, 1.165) is 10.4 Å². The Hall–Kier alpha value is -1.04. The molecule has 0 aromatic heterocycles. The monoisotopic (exact) mass is 412 g/mol. The molecule has 0 fully saturated rings. The molecule has 130 valence electrons. The van der Waals surface area contributed by atoms with E-state index < -0.39 is 13.1 Å². The predicted molar refractivity (Wildman–Crippen MR) is 102 cm³/mol. The van der Waals surface area contributed by atoms with E-state index in [1.807, 2.05) is 36.4 Å². The van der Waals surface area contributed by atoms with Crippen LogP contribution in [0.2, 0.25) is 5.04 Å². The van der Waals surface area contributed by atoms with Crippen molar-refractivity contribution in [2.45, 2.75) is 37.1 Å². The van der Waals surface area contributed by atoms with Gasteiger partial charge in [0.05, 0.1) is 0 Å². The summed E-state index contributed by atoms with van der Waals surface area (Å²) < 4.78 is 32.9. The van der Waals surface area contributed by atoms with Gasteiger partial charge in [-0.25, -0.2) is 0 Å². The smallest absolute Gasteiger partial charge is 0.303 e. The molecule has 0 radical (unpaired) electrons. The Morgan fingerprint density at radius 3 is 1.62 bits per heavy atom. The molecule has 0 amide bonds. The second-order valence-corrected chi connectivity index (χ2v) is 12.3. The van der Waals surface area contributed by atoms with Crippen molar-refractivity contribution in [3.63, 3.8) is 0 Å². The van der Waals surface area contributed by atoms with Gasteiger partial charge in [-0.3, -0.25) is 0 Å². The molecule has 1 nitrogen and oxygen atoms in total. The summed E-state index contributed by atoms with van der Waals surface area (Å²) in [7, 11) is -2.70. The summed E-state index contributed by atoms with van der Waals surface area (Å²) in [6, 6.07) is 20.1. The van der Waals surface area contributed by atoms with Gasteiger partial charge in [-0.05, 0) is 31.3 Å². The Kier molecular flexibility index (Phi) is 5.99. The zero-order chi connectivity index (χ0) is 17.8. The van der Waals surface area contributed by atoms with Gasteiger partial charge in [-0.1, -0.05) is 81.4 Å². The first kappa shape index (κ1) is 19.3. The van der Waals surface area contributed by atoms with Crippen LogP contribution in [0.25, 0.3) is 0 Å². The topological polar surface area (TPSA) is 9.23 Å². The van der Waals surface area contributed by atoms with Crippen molar-refractivity contribution in [1.29, 1.82) is 0 Å². The molecule has 0 bridgehead atoms. The summed E-state index contributed by atoms with van der Waals surface area (Å²) in [5, 5.41) is 2.00. The third kappa shape index (κ3) is 4.32. The van der Waals surface area contributed by atoms with Gasteiger partial charge < -0.3 is 4.43 Å². The van der Waals surface area contributed by atoms with Crippen LogP contribution in [0.3, 0.4) is 0 Å². The van der Waals surface area contributed by atoms with Crippen LogP contribution in [0.15, 0.2) is 60.7 Å². The molecule has 0 saturated carbocycles. The van der Waals surface area contributed by atoms with Gasteiger partial charge in [0.25, 0.3) is 8.32 Å². The molecule has 0 aliphatic rings. The number of rotatable bonds is 6. The van der Waals surface area contributed by atoms with Crippen LogP contribution in [0.4, 0.5) is 8.78 Å². The number of halogens is 3. The van der Waals surface area contributed by atoms with Crippen molar-refractivity contribution in [1.82, 2.24) is 0 Å². The minimum Gasteiger partial charge on any atom is -0.407 e. The Morgan fingerprint density at radius 2 is 1.29 bits per heavy atom. The summed E-state index contributed by atoms with van der Waals surface area (Å²) in [5.41, 5.74) is 0. The summed E-state index contributed by atoms with van der Waals surface area (Å²) in [6.45, 7) is 6.40. The van der Waals surface area contributed by atoms with E-state index in [9.17, 15) is 8.78 Å². The van der Waals surface area contributed by atoms with Crippen LogP contribution in [0.5, 0.6) is 0 Å². The van der Waals surface area contributed by atoms with Gasteiger partial charge >= 0.3 is 4.83 Å².